The number of rotatable bonds is 2. The van der Waals surface area contributed by atoms with Crippen LogP contribution in [0, 0.1) is 0 Å². The molecule has 0 bridgehead atoms. The number of amides is 2. The van der Waals surface area contributed by atoms with E-state index in [0.29, 0.717) is 28.8 Å². The van der Waals surface area contributed by atoms with Gasteiger partial charge in [-0.1, -0.05) is 0 Å². The minimum absolute atomic E-state index is 0.442. The van der Waals surface area contributed by atoms with Gasteiger partial charge in [-0.15, -0.1) is 0 Å². The summed E-state index contributed by atoms with van der Waals surface area (Å²) in [6.07, 6.45) is 0. The van der Waals surface area contributed by atoms with Crippen LogP contribution in [0.2, 0.25) is 0 Å². The van der Waals surface area contributed by atoms with Gasteiger partial charge in [0.2, 0.25) is 0 Å². The van der Waals surface area contributed by atoms with Crippen LogP contribution in [0.15, 0.2) is 22.1 Å². The second-order valence-electron chi connectivity index (χ2n) is 2.79. The minimum atomic E-state index is -0.508. The molecule has 1 aromatic carbocycles. The summed E-state index contributed by atoms with van der Waals surface area (Å²) in [5.41, 5.74) is 6.16. The third-order valence-electron chi connectivity index (χ3n) is 1.85. The van der Waals surface area contributed by atoms with E-state index in [1.165, 1.54) is 0 Å². The number of carbonyl (C=O) groups is 1. The van der Waals surface area contributed by atoms with Crippen molar-refractivity contribution in [3.05, 3.63) is 22.8 Å². The Kier molecular flexibility index (Phi) is 1.92. The number of urea groups is 1. The maximum Gasteiger partial charge on any atom is 0.368 e. The van der Waals surface area contributed by atoms with Crippen molar-refractivity contribution in [3.63, 3.8) is 0 Å². The molecule has 2 rings (SSSR count). The van der Waals surface area contributed by atoms with Crippen LogP contribution in [0.4, 0.5) is 10.5 Å². The molecule has 0 fully saturated rings. The molecule has 0 aliphatic carbocycles. The van der Waals surface area contributed by atoms with Gasteiger partial charge < -0.3 is 10.5 Å². The number of hydrogen-bond donors (Lipinski definition) is 1. The molecule has 1 aromatic rings. The Morgan fingerprint density at radius 1 is 1.43 bits per heavy atom. The number of fused-ring (bicyclic) bond motifs is 1. The van der Waals surface area contributed by atoms with Crippen molar-refractivity contribution in [2.24, 2.45) is 9.98 Å². The molecule has 0 saturated heterocycles. The molecule has 0 radical (unpaired) electrons. The zero-order valence-electron chi connectivity index (χ0n) is 7.65. The van der Waals surface area contributed by atoms with Gasteiger partial charge >= 0.3 is 6.03 Å². The summed E-state index contributed by atoms with van der Waals surface area (Å²) in [4.78, 5) is 18.4. The van der Waals surface area contributed by atoms with E-state index in [9.17, 15) is 4.79 Å². The lowest BCUT2D eigenvalue weighted by Crippen LogP contribution is -2.25. The molecule has 0 aromatic heterocycles. The maximum atomic E-state index is 10.9. The summed E-state index contributed by atoms with van der Waals surface area (Å²) in [5, 5.41) is 0.963. The molecule has 14 heavy (non-hydrogen) atoms. The molecule has 0 unspecified atom stereocenters. The molecular formula is C9H9N3O2. The Morgan fingerprint density at radius 3 is 2.93 bits per heavy atom. The number of carbonyl (C=O) groups excluding carboxylic acids is 1. The average Bonchev–Trinajstić information content (AvgIpc) is 2.51. The zero-order chi connectivity index (χ0) is 10.1. The first kappa shape index (κ1) is 8.68. The molecule has 5 nitrogen and oxygen atoms in total. The van der Waals surface area contributed by atoms with Crippen LogP contribution in [0.3, 0.4) is 0 Å². The lowest BCUT2D eigenvalue weighted by atomic mass is 10.2. The van der Waals surface area contributed by atoms with Crippen molar-refractivity contribution >= 4 is 11.7 Å². The monoisotopic (exact) mass is 191 g/mol. The van der Waals surface area contributed by atoms with Crippen LogP contribution in [-0.2, 0) is 0 Å². The van der Waals surface area contributed by atoms with Gasteiger partial charge in [-0.3, -0.25) is 0 Å². The highest BCUT2D eigenvalue weighted by Crippen LogP contribution is 2.13. The van der Waals surface area contributed by atoms with Gasteiger partial charge in [0.1, 0.15) is 5.36 Å². The van der Waals surface area contributed by atoms with Crippen LogP contribution >= 0.6 is 0 Å². The molecule has 2 amide bonds. The second-order valence-corrected chi connectivity index (χ2v) is 2.79. The largest absolute Gasteiger partial charge is 0.489 e. The molecule has 5 heteroatoms. The standard InChI is InChI=1S/C9H9N3O2/c1-2-14-8-5(10)3-4-6-7(8)12-9(13)11-6/h3-4H,2,10H2,1H3. The number of benzene rings is 1. The van der Waals surface area contributed by atoms with Crippen molar-refractivity contribution in [2.45, 2.75) is 6.92 Å². The van der Waals surface area contributed by atoms with E-state index in [-0.39, 0.29) is 0 Å². The van der Waals surface area contributed by atoms with Crippen LogP contribution in [0.5, 0.6) is 5.75 Å². The fourth-order valence-corrected chi connectivity index (χ4v) is 1.29. The third kappa shape index (κ3) is 1.22. The highest BCUT2D eigenvalue weighted by atomic mass is 16.5. The first-order valence-corrected chi connectivity index (χ1v) is 4.25. The predicted octanol–water partition coefficient (Wildman–Crippen LogP) is 0.0403. The molecule has 2 N–H and O–H groups in total. The summed E-state index contributed by atoms with van der Waals surface area (Å²) in [5.74, 6) is 0.444. The Morgan fingerprint density at radius 2 is 2.21 bits per heavy atom. The van der Waals surface area contributed by atoms with Crippen LogP contribution in [0.1, 0.15) is 6.92 Å². The topological polar surface area (TPSA) is 77.0 Å². The minimum Gasteiger partial charge on any atom is -0.489 e. The number of nitrogens with zero attached hydrogens (tertiary/aromatic N) is 2. The molecule has 1 aliphatic rings. The maximum absolute atomic E-state index is 10.9. The SMILES string of the molecule is CCOc1c(N)ccc2c1=NC(=O)N=2. The van der Waals surface area contributed by atoms with Crippen LogP contribution < -0.4 is 21.2 Å². The molecule has 72 valence electrons. The number of nitrogen functional groups attached to an aromatic ring is 1. The van der Waals surface area contributed by atoms with Crippen molar-refractivity contribution in [1.29, 1.82) is 0 Å². The van der Waals surface area contributed by atoms with Crippen molar-refractivity contribution in [3.8, 4) is 5.75 Å². The fourth-order valence-electron chi connectivity index (χ4n) is 1.29. The quantitative estimate of drug-likeness (QED) is 0.670. The predicted molar refractivity (Wildman–Crippen MR) is 49.7 cm³/mol. The Labute approximate surface area is 79.9 Å². The lowest BCUT2D eigenvalue weighted by molar-refractivity contribution is 0.256. The lowest BCUT2D eigenvalue weighted by Gasteiger charge is -2.04. The molecular weight excluding hydrogens is 182 g/mol. The molecule has 1 heterocycles. The van der Waals surface area contributed by atoms with Gasteiger partial charge in [0.25, 0.3) is 0 Å². The summed E-state index contributed by atoms with van der Waals surface area (Å²) >= 11 is 0. The highest BCUT2D eigenvalue weighted by Gasteiger charge is 2.12. The van der Waals surface area contributed by atoms with E-state index >= 15 is 0 Å². The van der Waals surface area contributed by atoms with E-state index in [4.69, 9.17) is 10.5 Å². The Balaban J connectivity index is 2.73. The van der Waals surface area contributed by atoms with Crippen molar-refractivity contribution in [1.82, 2.24) is 0 Å². The molecule has 0 atom stereocenters. The smallest absolute Gasteiger partial charge is 0.368 e. The molecule has 1 aliphatic heterocycles. The second kappa shape index (κ2) is 3.10. The van der Waals surface area contributed by atoms with Gasteiger partial charge in [0.15, 0.2) is 5.75 Å². The average molecular weight is 191 g/mol. The van der Waals surface area contributed by atoms with Gasteiger partial charge in [-0.25, -0.2) is 4.79 Å². The van der Waals surface area contributed by atoms with E-state index in [1.807, 2.05) is 6.92 Å². The Hall–Kier alpha value is -1.91. The number of hydrogen-bond acceptors (Lipinski definition) is 3. The fraction of sp³-hybridized carbons (Fsp3) is 0.222. The third-order valence-corrected chi connectivity index (χ3v) is 1.85. The van der Waals surface area contributed by atoms with Crippen LogP contribution in [-0.4, -0.2) is 12.6 Å². The summed E-state index contributed by atoms with van der Waals surface area (Å²) in [7, 11) is 0. The molecule has 0 spiro atoms. The van der Waals surface area contributed by atoms with E-state index in [2.05, 4.69) is 9.98 Å². The van der Waals surface area contributed by atoms with Gasteiger partial charge in [-0.05, 0) is 19.1 Å². The van der Waals surface area contributed by atoms with Crippen molar-refractivity contribution in [2.75, 3.05) is 12.3 Å². The summed E-state index contributed by atoms with van der Waals surface area (Å²) in [6, 6.07) is 2.80. The van der Waals surface area contributed by atoms with E-state index in [1.54, 1.807) is 12.1 Å². The van der Waals surface area contributed by atoms with Crippen LogP contribution in [0.25, 0.3) is 0 Å². The van der Waals surface area contributed by atoms with Gasteiger partial charge in [0, 0.05) is 0 Å². The normalized spacial score (nSPS) is 13.1. The zero-order valence-corrected chi connectivity index (χ0v) is 7.65. The summed E-state index contributed by atoms with van der Waals surface area (Å²) < 4.78 is 5.30. The highest BCUT2D eigenvalue weighted by molar-refractivity contribution is 5.78. The Bertz CT molecular complexity index is 508. The first-order chi connectivity index (χ1) is 6.72. The number of ether oxygens (including phenoxy) is 1. The number of anilines is 1. The van der Waals surface area contributed by atoms with Crippen molar-refractivity contribution < 1.29 is 9.53 Å². The number of nitrogens with two attached hydrogens (primary N) is 1. The summed E-state index contributed by atoms with van der Waals surface area (Å²) in [6.45, 7) is 2.32. The molecule has 0 saturated carbocycles. The van der Waals surface area contributed by atoms with Gasteiger partial charge in [-0.2, -0.15) is 9.98 Å². The van der Waals surface area contributed by atoms with Gasteiger partial charge in [0.05, 0.1) is 17.7 Å². The van der Waals surface area contributed by atoms with E-state index in [0.717, 1.165) is 0 Å². The van der Waals surface area contributed by atoms with E-state index < -0.39 is 6.03 Å². The first-order valence-electron chi connectivity index (χ1n) is 4.25.